The van der Waals surface area contributed by atoms with Crippen LogP contribution in [-0.4, -0.2) is 19.9 Å². The van der Waals surface area contributed by atoms with Gasteiger partial charge < -0.3 is 0 Å². The number of halogens is 1. The number of hydrogen-bond donors (Lipinski definition) is 1. The first-order valence-corrected chi connectivity index (χ1v) is 5.54. The van der Waals surface area contributed by atoms with E-state index < -0.39 is 10.0 Å². The highest BCUT2D eigenvalue weighted by molar-refractivity contribution is 7.89. The number of nitrogens with zero attached hydrogens (tertiary/aromatic N) is 1. The fourth-order valence-electron chi connectivity index (χ4n) is 0.840. The monoisotopic (exact) mass is 220 g/mol. The minimum Gasteiger partial charge on any atom is -0.243 e. The summed E-state index contributed by atoms with van der Waals surface area (Å²) in [6.07, 6.45) is 1.44. The van der Waals surface area contributed by atoms with Crippen LogP contribution >= 0.6 is 11.6 Å². The van der Waals surface area contributed by atoms with Crippen LogP contribution < -0.4 is 4.72 Å². The molecule has 0 radical (unpaired) electrons. The maximum absolute atomic E-state index is 11.4. The SMILES string of the molecule is CCNS(=O)(=O)c1cccnc1Cl. The lowest BCUT2D eigenvalue weighted by Gasteiger charge is -2.04. The van der Waals surface area contributed by atoms with Gasteiger partial charge in [0.25, 0.3) is 0 Å². The second kappa shape index (κ2) is 4.04. The van der Waals surface area contributed by atoms with Crippen molar-refractivity contribution in [2.45, 2.75) is 11.8 Å². The van der Waals surface area contributed by atoms with Crippen LogP contribution in [-0.2, 0) is 10.0 Å². The van der Waals surface area contributed by atoms with Crippen molar-refractivity contribution in [2.75, 3.05) is 6.54 Å². The molecule has 0 amide bonds. The van der Waals surface area contributed by atoms with Crippen LogP contribution in [0, 0.1) is 0 Å². The Labute approximate surface area is 82.0 Å². The smallest absolute Gasteiger partial charge is 0.243 e. The van der Waals surface area contributed by atoms with Gasteiger partial charge in [0.2, 0.25) is 10.0 Å². The average Bonchev–Trinajstić information content (AvgIpc) is 2.04. The van der Waals surface area contributed by atoms with Gasteiger partial charge in [-0.2, -0.15) is 0 Å². The van der Waals surface area contributed by atoms with E-state index in [1.54, 1.807) is 6.92 Å². The number of hydrogen-bond acceptors (Lipinski definition) is 3. The third kappa shape index (κ3) is 2.40. The van der Waals surface area contributed by atoms with Gasteiger partial charge in [0.05, 0.1) is 0 Å². The maximum Gasteiger partial charge on any atom is 0.243 e. The van der Waals surface area contributed by atoms with E-state index in [0.29, 0.717) is 6.54 Å². The Kier molecular flexibility index (Phi) is 3.24. The summed E-state index contributed by atoms with van der Waals surface area (Å²) < 4.78 is 25.2. The molecule has 1 aromatic rings. The summed E-state index contributed by atoms with van der Waals surface area (Å²) in [5.41, 5.74) is 0. The van der Waals surface area contributed by atoms with Gasteiger partial charge in [-0.3, -0.25) is 0 Å². The van der Waals surface area contributed by atoms with Crippen molar-refractivity contribution < 1.29 is 8.42 Å². The Bertz CT molecular complexity index is 391. The Balaban J connectivity index is 3.15. The largest absolute Gasteiger partial charge is 0.243 e. The summed E-state index contributed by atoms with van der Waals surface area (Å²) in [5.74, 6) is 0. The predicted molar refractivity (Wildman–Crippen MR) is 50.1 cm³/mol. The zero-order valence-corrected chi connectivity index (χ0v) is 8.56. The highest BCUT2D eigenvalue weighted by Gasteiger charge is 2.16. The third-order valence-corrected chi connectivity index (χ3v) is 3.34. The number of sulfonamides is 1. The summed E-state index contributed by atoms with van der Waals surface area (Å²) in [6.45, 7) is 2.02. The van der Waals surface area contributed by atoms with E-state index in [0.717, 1.165) is 0 Å². The van der Waals surface area contributed by atoms with Gasteiger partial charge in [-0.1, -0.05) is 18.5 Å². The summed E-state index contributed by atoms with van der Waals surface area (Å²) in [6, 6.07) is 2.93. The van der Waals surface area contributed by atoms with E-state index in [9.17, 15) is 8.42 Å². The van der Waals surface area contributed by atoms with Gasteiger partial charge in [0.15, 0.2) is 0 Å². The van der Waals surface area contributed by atoms with Crippen molar-refractivity contribution in [2.24, 2.45) is 0 Å². The van der Waals surface area contributed by atoms with E-state index in [1.807, 2.05) is 0 Å². The van der Waals surface area contributed by atoms with Crippen molar-refractivity contribution in [3.8, 4) is 0 Å². The Hall–Kier alpha value is -0.650. The molecule has 13 heavy (non-hydrogen) atoms. The maximum atomic E-state index is 11.4. The van der Waals surface area contributed by atoms with Gasteiger partial charge in [-0.15, -0.1) is 0 Å². The Morgan fingerprint density at radius 2 is 2.31 bits per heavy atom. The van der Waals surface area contributed by atoms with Gasteiger partial charge in [-0.25, -0.2) is 18.1 Å². The number of aromatic nitrogens is 1. The molecule has 0 unspecified atom stereocenters. The molecule has 0 aromatic carbocycles. The lowest BCUT2D eigenvalue weighted by Crippen LogP contribution is -2.23. The molecule has 1 N–H and O–H groups in total. The molecule has 0 aliphatic rings. The lowest BCUT2D eigenvalue weighted by atomic mass is 10.5. The standard InChI is InChI=1S/C7H9ClN2O2S/c1-2-10-13(11,12)6-4-3-5-9-7(6)8/h3-5,10H,2H2,1H3. The predicted octanol–water partition coefficient (Wildman–Crippen LogP) is 1.03. The molecule has 0 saturated heterocycles. The summed E-state index contributed by atoms with van der Waals surface area (Å²) in [4.78, 5) is 3.69. The first kappa shape index (κ1) is 10.4. The molecule has 1 aromatic heterocycles. The fraction of sp³-hybridized carbons (Fsp3) is 0.286. The fourth-order valence-corrected chi connectivity index (χ4v) is 2.33. The molecule has 0 aliphatic heterocycles. The molecule has 0 aliphatic carbocycles. The van der Waals surface area contributed by atoms with E-state index >= 15 is 0 Å². The topological polar surface area (TPSA) is 59.1 Å². The number of nitrogens with one attached hydrogen (secondary N) is 1. The van der Waals surface area contributed by atoms with Crippen molar-refractivity contribution in [3.63, 3.8) is 0 Å². The second-order valence-corrected chi connectivity index (χ2v) is 4.39. The molecule has 6 heteroatoms. The zero-order chi connectivity index (χ0) is 9.90. The molecule has 0 bridgehead atoms. The van der Waals surface area contributed by atoms with Gasteiger partial charge in [0.1, 0.15) is 10.0 Å². The second-order valence-electron chi connectivity index (χ2n) is 2.29. The molecule has 4 nitrogen and oxygen atoms in total. The minimum absolute atomic E-state index is 0.0107. The molecule has 1 heterocycles. The Morgan fingerprint density at radius 3 is 2.85 bits per heavy atom. The molecule has 0 atom stereocenters. The van der Waals surface area contributed by atoms with Crippen LogP contribution in [0.15, 0.2) is 23.2 Å². The van der Waals surface area contributed by atoms with Crippen LogP contribution in [0.5, 0.6) is 0 Å². The number of rotatable bonds is 3. The highest BCUT2D eigenvalue weighted by atomic mass is 35.5. The van der Waals surface area contributed by atoms with Crippen LogP contribution in [0.3, 0.4) is 0 Å². The van der Waals surface area contributed by atoms with Crippen molar-refractivity contribution >= 4 is 21.6 Å². The molecule has 0 saturated carbocycles. The van der Waals surface area contributed by atoms with Gasteiger partial charge in [0, 0.05) is 12.7 Å². The lowest BCUT2D eigenvalue weighted by molar-refractivity contribution is 0.583. The highest BCUT2D eigenvalue weighted by Crippen LogP contribution is 2.16. The molecule has 1 rings (SSSR count). The molecule has 72 valence electrons. The summed E-state index contributed by atoms with van der Waals surface area (Å²) in [5, 5.41) is -0.0107. The first-order chi connectivity index (χ1) is 6.08. The van der Waals surface area contributed by atoms with E-state index in [4.69, 9.17) is 11.6 Å². The van der Waals surface area contributed by atoms with E-state index in [1.165, 1.54) is 18.3 Å². The third-order valence-electron chi connectivity index (χ3n) is 1.35. The minimum atomic E-state index is -3.49. The van der Waals surface area contributed by atoms with Crippen molar-refractivity contribution in [3.05, 3.63) is 23.5 Å². The summed E-state index contributed by atoms with van der Waals surface area (Å²) >= 11 is 5.61. The molecular formula is C7H9ClN2O2S. The zero-order valence-electron chi connectivity index (χ0n) is 6.99. The van der Waals surface area contributed by atoms with Crippen molar-refractivity contribution in [1.29, 1.82) is 0 Å². The van der Waals surface area contributed by atoms with Crippen LogP contribution in [0.25, 0.3) is 0 Å². The van der Waals surface area contributed by atoms with Crippen LogP contribution in [0.1, 0.15) is 6.92 Å². The normalized spacial score (nSPS) is 11.5. The van der Waals surface area contributed by atoms with Gasteiger partial charge in [-0.05, 0) is 12.1 Å². The van der Waals surface area contributed by atoms with Crippen molar-refractivity contribution in [1.82, 2.24) is 9.71 Å². The number of pyridine rings is 1. The quantitative estimate of drug-likeness (QED) is 0.775. The van der Waals surface area contributed by atoms with E-state index in [-0.39, 0.29) is 10.0 Å². The van der Waals surface area contributed by atoms with Crippen LogP contribution in [0.4, 0.5) is 0 Å². The molecular weight excluding hydrogens is 212 g/mol. The van der Waals surface area contributed by atoms with Gasteiger partial charge >= 0.3 is 0 Å². The Morgan fingerprint density at radius 1 is 1.62 bits per heavy atom. The molecule has 0 spiro atoms. The van der Waals surface area contributed by atoms with E-state index in [2.05, 4.69) is 9.71 Å². The first-order valence-electron chi connectivity index (χ1n) is 3.68. The molecule has 0 fully saturated rings. The summed E-state index contributed by atoms with van der Waals surface area (Å²) in [7, 11) is -3.49. The average molecular weight is 221 g/mol. The van der Waals surface area contributed by atoms with Crippen LogP contribution in [0.2, 0.25) is 5.15 Å².